The highest BCUT2D eigenvalue weighted by Gasteiger charge is 2.60. The van der Waals surface area contributed by atoms with Gasteiger partial charge in [-0.15, -0.1) is 0 Å². The average molecular weight is 385 g/mol. The molecule has 5 rings (SSSR count). The summed E-state index contributed by atoms with van der Waals surface area (Å²) in [4.78, 5) is 38.2. The number of rotatable bonds is 3. The van der Waals surface area contributed by atoms with Crippen LogP contribution in [-0.2, 0) is 14.4 Å². The van der Waals surface area contributed by atoms with E-state index >= 15 is 0 Å². The van der Waals surface area contributed by atoms with Gasteiger partial charge in [0.1, 0.15) is 5.92 Å². The molecule has 2 saturated heterocycles. The SMILES string of the molecule is Cc1ccccc1N1C(=O)[C@H]2[C@@H](c3ccncc3)N(c3ccccc3)O[C@H]2C1=O. The third kappa shape index (κ3) is 2.72. The molecule has 2 aliphatic rings. The summed E-state index contributed by atoms with van der Waals surface area (Å²) in [7, 11) is 0. The number of aryl methyl sites for hydroxylation is 1. The third-order valence-electron chi connectivity index (χ3n) is 5.53. The Hall–Kier alpha value is -3.51. The largest absolute Gasteiger partial charge is 0.273 e. The Morgan fingerprint density at radius 3 is 2.28 bits per heavy atom. The number of nitrogens with zero attached hydrogens (tertiary/aromatic N) is 3. The Labute approximate surface area is 168 Å². The van der Waals surface area contributed by atoms with E-state index in [4.69, 9.17) is 4.84 Å². The standard InChI is InChI=1S/C23H19N3O3/c1-15-7-5-6-10-18(15)25-22(27)19-20(16-11-13-24-14-12-16)26(29-21(19)23(25)28)17-8-3-2-4-9-17/h2-14,19-21H,1H3/t19-,20+,21+/m0/s1. The monoisotopic (exact) mass is 385 g/mol. The van der Waals surface area contributed by atoms with E-state index in [0.717, 1.165) is 16.8 Å². The van der Waals surface area contributed by atoms with Gasteiger partial charge in [-0.05, 0) is 48.4 Å². The van der Waals surface area contributed by atoms with Crippen molar-refractivity contribution in [1.29, 1.82) is 0 Å². The van der Waals surface area contributed by atoms with Gasteiger partial charge in [0.05, 0.1) is 17.4 Å². The lowest BCUT2D eigenvalue weighted by atomic mass is 9.91. The topological polar surface area (TPSA) is 62.7 Å². The zero-order valence-electron chi connectivity index (χ0n) is 15.8. The summed E-state index contributed by atoms with van der Waals surface area (Å²) in [6.45, 7) is 1.89. The Morgan fingerprint density at radius 2 is 1.55 bits per heavy atom. The number of benzene rings is 2. The van der Waals surface area contributed by atoms with Gasteiger partial charge in [0.2, 0.25) is 5.91 Å². The van der Waals surface area contributed by atoms with Crippen molar-refractivity contribution >= 4 is 23.2 Å². The number of carbonyl (C=O) groups is 2. The maximum atomic E-state index is 13.5. The maximum absolute atomic E-state index is 13.5. The molecule has 6 heteroatoms. The summed E-state index contributed by atoms with van der Waals surface area (Å²) in [5, 5.41) is 1.69. The van der Waals surface area contributed by atoms with E-state index in [2.05, 4.69) is 4.98 Å². The van der Waals surface area contributed by atoms with Crippen molar-refractivity contribution in [3.8, 4) is 0 Å². The van der Waals surface area contributed by atoms with Gasteiger partial charge in [0.15, 0.2) is 6.10 Å². The van der Waals surface area contributed by atoms with E-state index in [1.165, 1.54) is 4.90 Å². The molecule has 2 amide bonds. The number of aromatic nitrogens is 1. The Kier molecular flexibility index (Phi) is 4.14. The summed E-state index contributed by atoms with van der Waals surface area (Å²) in [6.07, 6.45) is 2.51. The highest BCUT2D eigenvalue weighted by molar-refractivity contribution is 6.24. The normalized spacial score (nSPS) is 23.6. The fourth-order valence-electron chi connectivity index (χ4n) is 4.16. The minimum atomic E-state index is -0.861. The molecule has 0 saturated carbocycles. The molecular formula is C23H19N3O3. The van der Waals surface area contributed by atoms with Gasteiger partial charge in [0, 0.05) is 12.4 Å². The van der Waals surface area contributed by atoms with E-state index in [1.807, 2.05) is 67.6 Å². The van der Waals surface area contributed by atoms with Gasteiger partial charge < -0.3 is 0 Å². The summed E-state index contributed by atoms with van der Waals surface area (Å²) < 4.78 is 0. The van der Waals surface area contributed by atoms with Gasteiger partial charge in [-0.1, -0.05) is 36.4 Å². The van der Waals surface area contributed by atoms with Gasteiger partial charge in [0.25, 0.3) is 5.91 Å². The van der Waals surface area contributed by atoms with Crippen LogP contribution in [0.3, 0.4) is 0 Å². The molecule has 3 aromatic rings. The second-order valence-corrected chi connectivity index (χ2v) is 7.24. The molecule has 2 aliphatic heterocycles. The predicted molar refractivity (Wildman–Crippen MR) is 108 cm³/mol. The van der Waals surface area contributed by atoms with E-state index in [9.17, 15) is 9.59 Å². The lowest BCUT2D eigenvalue weighted by Crippen LogP contribution is -2.37. The Morgan fingerprint density at radius 1 is 0.862 bits per heavy atom. The molecule has 0 N–H and O–H groups in total. The molecule has 3 heterocycles. The predicted octanol–water partition coefficient (Wildman–Crippen LogP) is 3.44. The number of para-hydroxylation sites is 2. The molecule has 3 atom stereocenters. The Balaban J connectivity index is 1.60. The van der Waals surface area contributed by atoms with Crippen LogP contribution < -0.4 is 9.96 Å². The number of fused-ring (bicyclic) bond motifs is 1. The first kappa shape index (κ1) is 17.6. The molecule has 0 radical (unpaired) electrons. The number of pyridine rings is 1. The Bertz CT molecular complexity index is 1070. The van der Waals surface area contributed by atoms with E-state index < -0.39 is 18.1 Å². The van der Waals surface area contributed by atoms with Gasteiger partial charge >= 0.3 is 0 Å². The fraction of sp³-hybridized carbons (Fsp3) is 0.174. The maximum Gasteiger partial charge on any atom is 0.266 e. The molecule has 2 fully saturated rings. The van der Waals surface area contributed by atoms with Gasteiger partial charge in [-0.2, -0.15) is 0 Å². The van der Waals surface area contributed by atoms with E-state index in [-0.39, 0.29) is 11.8 Å². The van der Waals surface area contributed by atoms with Gasteiger partial charge in [-0.25, -0.2) is 9.96 Å². The van der Waals surface area contributed by atoms with Crippen molar-refractivity contribution in [3.63, 3.8) is 0 Å². The number of imide groups is 1. The van der Waals surface area contributed by atoms with Crippen molar-refractivity contribution in [2.75, 3.05) is 9.96 Å². The van der Waals surface area contributed by atoms with Crippen molar-refractivity contribution in [2.24, 2.45) is 5.92 Å². The summed E-state index contributed by atoms with van der Waals surface area (Å²) in [5.74, 6) is -1.20. The summed E-state index contributed by atoms with van der Waals surface area (Å²) >= 11 is 0. The van der Waals surface area contributed by atoms with Crippen LogP contribution in [0.15, 0.2) is 79.1 Å². The second kappa shape index (κ2) is 6.83. The van der Waals surface area contributed by atoms with Crippen LogP contribution in [-0.4, -0.2) is 22.9 Å². The van der Waals surface area contributed by atoms with Crippen LogP contribution in [0.5, 0.6) is 0 Å². The first-order chi connectivity index (χ1) is 14.2. The lowest BCUT2D eigenvalue weighted by Gasteiger charge is -2.29. The fourth-order valence-corrected chi connectivity index (χ4v) is 4.16. The minimum absolute atomic E-state index is 0.241. The molecular weight excluding hydrogens is 366 g/mol. The number of anilines is 2. The minimum Gasteiger partial charge on any atom is -0.273 e. The smallest absolute Gasteiger partial charge is 0.266 e. The molecule has 0 bridgehead atoms. The molecule has 6 nitrogen and oxygen atoms in total. The number of carbonyl (C=O) groups excluding carboxylic acids is 2. The summed E-state index contributed by atoms with van der Waals surface area (Å²) in [6, 6.07) is 20.2. The number of hydrogen-bond donors (Lipinski definition) is 0. The number of hydroxylamine groups is 1. The first-order valence-corrected chi connectivity index (χ1v) is 9.51. The van der Waals surface area contributed by atoms with Crippen molar-refractivity contribution in [3.05, 3.63) is 90.3 Å². The molecule has 144 valence electrons. The lowest BCUT2D eigenvalue weighted by molar-refractivity contribution is -0.126. The average Bonchev–Trinajstić information content (AvgIpc) is 3.26. The molecule has 29 heavy (non-hydrogen) atoms. The first-order valence-electron chi connectivity index (χ1n) is 9.51. The van der Waals surface area contributed by atoms with Crippen molar-refractivity contribution in [2.45, 2.75) is 19.1 Å². The molecule has 0 unspecified atom stereocenters. The third-order valence-corrected chi connectivity index (χ3v) is 5.53. The van der Waals surface area contributed by atoms with Gasteiger partial charge in [-0.3, -0.25) is 19.4 Å². The van der Waals surface area contributed by atoms with Crippen LogP contribution in [0.25, 0.3) is 0 Å². The van der Waals surface area contributed by atoms with Crippen LogP contribution in [0.1, 0.15) is 17.2 Å². The molecule has 2 aromatic carbocycles. The number of amides is 2. The van der Waals surface area contributed by atoms with Crippen LogP contribution in [0.2, 0.25) is 0 Å². The van der Waals surface area contributed by atoms with Crippen LogP contribution in [0, 0.1) is 12.8 Å². The second-order valence-electron chi connectivity index (χ2n) is 7.24. The zero-order valence-corrected chi connectivity index (χ0v) is 15.8. The van der Waals surface area contributed by atoms with Crippen molar-refractivity contribution < 1.29 is 14.4 Å². The van der Waals surface area contributed by atoms with Crippen molar-refractivity contribution in [1.82, 2.24) is 4.98 Å². The molecule has 0 aliphatic carbocycles. The van der Waals surface area contributed by atoms with Crippen LogP contribution in [0.4, 0.5) is 11.4 Å². The summed E-state index contributed by atoms with van der Waals surface area (Å²) in [5.41, 5.74) is 3.16. The molecule has 1 aromatic heterocycles. The quantitative estimate of drug-likeness (QED) is 0.647. The van der Waals surface area contributed by atoms with E-state index in [1.54, 1.807) is 23.5 Å². The zero-order chi connectivity index (χ0) is 20.0. The van der Waals surface area contributed by atoms with Crippen LogP contribution >= 0.6 is 0 Å². The van der Waals surface area contributed by atoms with E-state index in [0.29, 0.717) is 5.69 Å². The highest BCUT2D eigenvalue weighted by Crippen LogP contribution is 2.47. The number of hydrogen-bond acceptors (Lipinski definition) is 5. The molecule has 0 spiro atoms. The highest BCUT2D eigenvalue weighted by atomic mass is 16.7.